The number of carbonyl (C=O) groups is 3. The van der Waals surface area contributed by atoms with E-state index in [1.807, 2.05) is 48.5 Å². The topological polar surface area (TPSA) is 84.9 Å². The first-order valence-corrected chi connectivity index (χ1v) is 10.1. The van der Waals surface area contributed by atoms with Gasteiger partial charge in [0.25, 0.3) is 0 Å². The number of rotatable bonds is 5. The van der Waals surface area contributed by atoms with Gasteiger partial charge in [0, 0.05) is 19.2 Å². The largest absolute Gasteiger partial charge is 0.467 e. The molecule has 3 rings (SSSR count). The highest BCUT2D eigenvalue weighted by Crippen LogP contribution is 2.40. The Kier molecular flexibility index (Phi) is 6.34. The highest BCUT2D eigenvalue weighted by atomic mass is 16.6. The Morgan fingerprint density at radius 1 is 1.13 bits per heavy atom. The van der Waals surface area contributed by atoms with Crippen molar-refractivity contribution in [3.63, 3.8) is 0 Å². The molecule has 1 aliphatic rings. The Balaban J connectivity index is 1.88. The fourth-order valence-corrected chi connectivity index (χ4v) is 3.70. The van der Waals surface area contributed by atoms with Crippen molar-refractivity contribution in [2.45, 2.75) is 44.8 Å². The molecule has 1 unspecified atom stereocenters. The van der Waals surface area contributed by atoms with E-state index in [1.165, 1.54) is 7.11 Å². The third-order valence-electron chi connectivity index (χ3n) is 5.09. The maximum atomic E-state index is 12.9. The van der Waals surface area contributed by atoms with Crippen molar-refractivity contribution in [2.24, 2.45) is 0 Å². The zero-order valence-corrected chi connectivity index (χ0v) is 18.5. The number of amides is 2. The molecule has 0 aromatic heterocycles. The Labute approximate surface area is 182 Å². The number of esters is 1. The molecule has 7 heteroatoms. The van der Waals surface area contributed by atoms with E-state index < -0.39 is 29.6 Å². The van der Waals surface area contributed by atoms with Crippen LogP contribution >= 0.6 is 0 Å². The first-order chi connectivity index (χ1) is 14.6. The maximum Gasteiger partial charge on any atom is 0.408 e. The van der Waals surface area contributed by atoms with E-state index in [-0.39, 0.29) is 12.3 Å². The molecule has 164 valence electrons. The summed E-state index contributed by atoms with van der Waals surface area (Å²) in [4.78, 5) is 39.0. The van der Waals surface area contributed by atoms with Crippen LogP contribution in [0.1, 0.15) is 43.4 Å². The number of hydrogen-bond donors (Lipinski definition) is 1. The lowest BCUT2D eigenvalue weighted by atomic mass is 9.90. The number of alkyl carbamates (subject to hydrolysis) is 1. The zero-order valence-electron chi connectivity index (χ0n) is 18.5. The SMILES string of the molecule is COC(=O)[C@H](Cc1ccc2c(c1)C(c1ccccc1)C(=O)N2C)NC(=O)OC(C)(C)C. The summed E-state index contributed by atoms with van der Waals surface area (Å²) in [6, 6.07) is 14.3. The molecule has 31 heavy (non-hydrogen) atoms. The maximum absolute atomic E-state index is 12.9. The van der Waals surface area contributed by atoms with Crippen molar-refractivity contribution in [1.82, 2.24) is 5.32 Å². The number of fused-ring (bicyclic) bond motifs is 1. The van der Waals surface area contributed by atoms with Gasteiger partial charge in [-0.1, -0.05) is 42.5 Å². The number of hydrogen-bond acceptors (Lipinski definition) is 5. The molecule has 0 aliphatic carbocycles. The fourth-order valence-electron chi connectivity index (χ4n) is 3.70. The van der Waals surface area contributed by atoms with Gasteiger partial charge in [0.05, 0.1) is 13.0 Å². The molecule has 0 saturated heterocycles. The minimum Gasteiger partial charge on any atom is -0.467 e. The van der Waals surface area contributed by atoms with Crippen molar-refractivity contribution >= 4 is 23.7 Å². The summed E-state index contributed by atoms with van der Waals surface area (Å²) in [6.07, 6.45) is -0.486. The van der Waals surface area contributed by atoms with Gasteiger partial charge in [-0.3, -0.25) is 4.79 Å². The second kappa shape index (κ2) is 8.79. The molecule has 0 bridgehead atoms. The second-order valence-electron chi connectivity index (χ2n) is 8.56. The van der Waals surface area contributed by atoms with Gasteiger partial charge >= 0.3 is 12.1 Å². The summed E-state index contributed by atoms with van der Waals surface area (Å²) in [5.74, 6) is -0.981. The van der Waals surface area contributed by atoms with Crippen LogP contribution in [0, 0.1) is 0 Å². The van der Waals surface area contributed by atoms with E-state index in [1.54, 1.807) is 32.7 Å². The van der Waals surface area contributed by atoms with Gasteiger partial charge < -0.3 is 19.7 Å². The van der Waals surface area contributed by atoms with E-state index in [0.717, 1.165) is 22.4 Å². The molecule has 1 N–H and O–H groups in total. The Morgan fingerprint density at radius 3 is 2.42 bits per heavy atom. The summed E-state index contributed by atoms with van der Waals surface area (Å²) in [7, 11) is 3.03. The van der Waals surface area contributed by atoms with Gasteiger partial charge in [-0.15, -0.1) is 0 Å². The molecular formula is C24H28N2O5. The molecule has 1 heterocycles. The molecule has 0 saturated carbocycles. The third-order valence-corrected chi connectivity index (χ3v) is 5.09. The van der Waals surface area contributed by atoms with E-state index in [9.17, 15) is 14.4 Å². The van der Waals surface area contributed by atoms with Gasteiger partial charge in [-0.05, 0) is 43.5 Å². The number of nitrogens with one attached hydrogen (secondary N) is 1. The van der Waals surface area contributed by atoms with Crippen molar-refractivity contribution in [1.29, 1.82) is 0 Å². The van der Waals surface area contributed by atoms with Crippen LogP contribution < -0.4 is 10.2 Å². The van der Waals surface area contributed by atoms with Crippen LogP contribution in [0.25, 0.3) is 0 Å². The highest BCUT2D eigenvalue weighted by molar-refractivity contribution is 6.06. The smallest absolute Gasteiger partial charge is 0.408 e. The molecule has 2 atom stereocenters. The summed E-state index contributed by atoms with van der Waals surface area (Å²) < 4.78 is 10.1. The number of likely N-dealkylation sites (N-methyl/N-ethyl adjacent to an activating group) is 1. The summed E-state index contributed by atoms with van der Waals surface area (Å²) >= 11 is 0. The van der Waals surface area contributed by atoms with Gasteiger partial charge in [0.15, 0.2) is 0 Å². The summed E-state index contributed by atoms with van der Waals surface area (Å²) in [5, 5.41) is 2.59. The van der Waals surface area contributed by atoms with Crippen LogP contribution in [-0.4, -0.2) is 43.8 Å². The average molecular weight is 424 g/mol. The molecule has 1 aliphatic heterocycles. The van der Waals surface area contributed by atoms with Crippen LogP contribution in [-0.2, 0) is 25.5 Å². The van der Waals surface area contributed by atoms with E-state index in [2.05, 4.69) is 5.32 Å². The molecule has 0 spiro atoms. The minimum absolute atomic E-state index is 0.00486. The number of carbonyl (C=O) groups excluding carboxylic acids is 3. The molecule has 0 radical (unpaired) electrons. The van der Waals surface area contributed by atoms with Gasteiger partial charge in [0.1, 0.15) is 11.6 Å². The average Bonchev–Trinajstić information content (AvgIpc) is 2.96. The van der Waals surface area contributed by atoms with Gasteiger partial charge in [0.2, 0.25) is 5.91 Å². The fraction of sp³-hybridized carbons (Fsp3) is 0.375. The van der Waals surface area contributed by atoms with Gasteiger partial charge in [-0.2, -0.15) is 0 Å². The molecule has 2 aromatic carbocycles. The lowest BCUT2D eigenvalue weighted by Crippen LogP contribution is -2.45. The summed E-state index contributed by atoms with van der Waals surface area (Å²) in [6.45, 7) is 5.24. The molecule has 0 fully saturated rings. The van der Waals surface area contributed by atoms with Gasteiger partial charge in [-0.25, -0.2) is 9.59 Å². The molecular weight excluding hydrogens is 396 g/mol. The second-order valence-corrected chi connectivity index (χ2v) is 8.56. The number of benzene rings is 2. The predicted octanol–water partition coefficient (Wildman–Crippen LogP) is 3.40. The van der Waals surface area contributed by atoms with E-state index in [4.69, 9.17) is 9.47 Å². The summed E-state index contributed by atoms with van der Waals surface area (Å²) in [5.41, 5.74) is 2.72. The van der Waals surface area contributed by atoms with Crippen LogP contribution in [0.3, 0.4) is 0 Å². The number of ether oxygens (including phenoxy) is 2. The first kappa shape index (κ1) is 22.3. The number of anilines is 1. The molecule has 7 nitrogen and oxygen atoms in total. The Morgan fingerprint density at radius 2 is 1.81 bits per heavy atom. The van der Waals surface area contributed by atoms with Crippen LogP contribution in [0.4, 0.5) is 10.5 Å². The number of nitrogens with zero attached hydrogens (tertiary/aromatic N) is 1. The molecule has 2 aromatic rings. The standard InChI is InChI=1S/C24H28N2O5/c1-24(2,3)31-23(29)25-18(22(28)30-5)14-15-11-12-19-17(13-15)20(21(27)26(19)4)16-9-7-6-8-10-16/h6-13,18,20H,14H2,1-5H3,(H,25,29)/t18-,20?/m0/s1. The lowest BCUT2D eigenvalue weighted by molar-refractivity contribution is -0.143. The van der Waals surface area contributed by atoms with Crippen molar-refractivity contribution in [3.8, 4) is 0 Å². The lowest BCUT2D eigenvalue weighted by Gasteiger charge is -2.23. The zero-order chi connectivity index (χ0) is 22.8. The van der Waals surface area contributed by atoms with Crippen molar-refractivity contribution in [2.75, 3.05) is 19.1 Å². The quantitative estimate of drug-likeness (QED) is 0.744. The first-order valence-electron chi connectivity index (χ1n) is 10.1. The number of methoxy groups -OCH3 is 1. The third kappa shape index (κ3) is 5.05. The van der Waals surface area contributed by atoms with Crippen LogP contribution in [0.2, 0.25) is 0 Å². The minimum atomic E-state index is -0.914. The predicted molar refractivity (Wildman–Crippen MR) is 117 cm³/mol. The Bertz CT molecular complexity index is 981. The Hall–Kier alpha value is -3.35. The van der Waals surface area contributed by atoms with Crippen LogP contribution in [0.15, 0.2) is 48.5 Å². The monoisotopic (exact) mass is 424 g/mol. The van der Waals surface area contributed by atoms with E-state index in [0.29, 0.717) is 0 Å². The highest BCUT2D eigenvalue weighted by Gasteiger charge is 2.36. The van der Waals surface area contributed by atoms with Crippen molar-refractivity contribution in [3.05, 3.63) is 65.2 Å². The van der Waals surface area contributed by atoms with E-state index >= 15 is 0 Å². The van der Waals surface area contributed by atoms with Crippen LogP contribution in [0.5, 0.6) is 0 Å². The molecule has 2 amide bonds. The normalized spacial score (nSPS) is 16.5. The van der Waals surface area contributed by atoms with Crippen molar-refractivity contribution < 1.29 is 23.9 Å².